The smallest absolute Gasteiger partial charge is 0.328 e. The summed E-state index contributed by atoms with van der Waals surface area (Å²) in [6, 6.07) is -1.50. The molecular weight excluding hydrogens is 184 g/mol. The number of rotatable bonds is 4. The third-order valence-corrected chi connectivity index (χ3v) is 1.59. The molecule has 0 aromatic heterocycles. The third kappa shape index (κ3) is 3.92. The highest BCUT2D eigenvalue weighted by Crippen LogP contribution is 1.90. The number of hydrogen-bond donors (Lipinski definition) is 2. The first-order chi connectivity index (χ1) is 6.52. The lowest BCUT2D eigenvalue weighted by Gasteiger charge is -2.14. The molecule has 0 aliphatic heterocycles. The summed E-state index contributed by atoms with van der Waals surface area (Å²) in [4.78, 5) is 22.1. The Bertz CT molecular complexity index is 257. The van der Waals surface area contributed by atoms with Crippen LogP contribution in [0.1, 0.15) is 13.3 Å². The Morgan fingerprint density at radius 3 is 2.64 bits per heavy atom. The first-order valence-electron chi connectivity index (χ1n) is 4.10. The van der Waals surface area contributed by atoms with E-state index in [2.05, 4.69) is 16.0 Å². The Labute approximate surface area is 83.0 Å². The van der Waals surface area contributed by atoms with Crippen molar-refractivity contribution in [1.82, 2.24) is 5.32 Å². The summed E-state index contributed by atoms with van der Waals surface area (Å²) in [6.45, 7) is 1.51. The van der Waals surface area contributed by atoms with E-state index in [1.807, 2.05) is 0 Å². The van der Waals surface area contributed by atoms with Crippen LogP contribution in [-0.4, -0.2) is 31.1 Å². The van der Waals surface area contributed by atoms with Crippen molar-refractivity contribution in [2.75, 3.05) is 7.11 Å². The highest BCUT2D eigenvalue weighted by Gasteiger charge is 2.19. The Kier molecular flexibility index (Phi) is 5.34. The second-order valence-corrected chi connectivity index (χ2v) is 2.77. The standard InChI is InChI=1S/C9H14N2O3/c1-4-5-7(10)8(12)11-6(2)9(13)14-3/h1,6-7H,5,10H2,2-3H3,(H,11,12). The van der Waals surface area contributed by atoms with Crippen LogP contribution in [0.25, 0.3) is 0 Å². The van der Waals surface area contributed by atoms with Crippen LogP contribution < -0.4 is 11.1 Å². The van der Waals surface area contributed by atoms with Gasteiger partial charge < -0.3 is 15.8 Å². The predicted molar refractivity (Wildman–Crippen MR) is 51.0 cm³/mol. The summed E-state index contributed by atoms with van der Waals surface area (Å²) in [5, 5.41) is 2.38. The number of ether oxygens (including phenoxy) is 1. The van der Waals surface area contributed by atoms with Crippen molar-refractivity contribution in [3.63, 3.8) is 0 Å². The lowest BCUT2D eigenvalue weighted by molar-refractivity contribution is -0.144. The minimum absolute atomic E-state index is 0.139. The number of terminal acetylenes is 1. The number of carbonyl (C=O) groups is 2. The Balaban J connectivity index is 4.06. The van der Waals surface area contributed by atoms with Crippen LogP contribution in [0.5, 0.6) is 0 Å². The highest BCUT2D eigenvalue weighted by molar-refractivity contribution is 5.87. The molecule has 1 amide bonds. The molecule has 0 bridgehead atoms. The van der Waals surface area contributed by atoms with Gasteiger partial charge in [0.05, 0.1) is 13.2 Å². The lowest BCUT2D eigenvalue weighted by atomic mass is 10.2. The molecule has 78 valence electrons. The zero-order valence-electron chi connectivity index (χ0n) is 8.24. The van der Waals surface area contributed by atoms with E-state index in [1.165, 1.54) is 14.0 Å². The molecule has 0 rings (SSSR count). The lowest BCUT2D eigenvalue weighted by Crippen LogP contribution is -2.47. The topological polar surface area (TPSA) is 81.4 Å². The molecule has 0 heterocycles. The van der Waals surface area contributed by atoms with E-state index < -0.39 is 24.0 Å². The number of amides is 1. The molecule has 0 saturated heterocycles. The first-order valence-corrected chi connectivity index (χ1v) is 4.10. The maximum atomic E-state index is 11.2. The van der Waals surface area contributed by atoms with Crippen molar-refractivity contribution in [2.24, 2.45) is 5.73 Å². The fourth-order valence-electron chi connectivity index (χ4n) is 0.776. The van der Waals surface area contributed by atoms with Crippen molar-refractivity contribution in [3.05, 3.63) is 0 Å². The summed E-state index contributed by atoms with van der Waals surface area (Å²) in [5.74, 6) is 1.28. The van der Waals surface area contributed by atoms with Crippen LogP contribution in [0.2, 0.25) is 0 Å². The van der Waals surface area contributed by atoms with Crippen LogP contribution in [-0.2, 0) is 14.3 Å². The summed E-state index contributed by atoms with van der Waals surface area (Å²) in [5.41, 5.74) is 5.41. The van der Waals surface area contributed by atoms with E-state index in [9.17, 15) is 9.59 Å². The zero-order chi connectivity index (χ0) is 11.1. The summed E-state index contributed by atoms with van der Waals surface area (Å²) in [7, 11) is 1.24. The molecule has 5 heteroatoms. The summed E-state index contributed by atoms with van der Waals surface area (Å²) >= 11 is 0. The van der Waals surface area contributed by atoms with E-state index in [0.29, 0.717) is 0 Å². The minimum atomic E-state index is -0.785. The normalized spacial score (nSPS) is 13.6. The minimum Gasteiger partial charge on any atom is -0.467 e. The fourth-order valence-corrected chi connectivity index (χ4v) is 0.776. The second kappa shape index (κ2) is 6.00. The molecule has 0 aliphatic rings. The molecule has 0 spiro atoms. The molecule has 0 fully saturated rings. The van der Waals surface area contributed by atoms with Crippen LogP contribution in [0, 0.1) is 12.3 Å². The third-order valence-electron chi connectivity index (χ3n) is 1.59. The number of carbonyl (C=O) groups excluding carboxylic acids is 2. The van der Waals surface area contributed by atoms with Gasteiger partial charge in [0.2, 0.25) is 5.91 Å². The van der Waals surface area contributed by atoms with Crippen molar-refractivity contribution in [1.29, 1.82) is 0 Å². The number of hydrogen-bond acceptors (Lipinski definition) is 4. The van der Waals surface area contributed by atoms with Gasteiger partial charge in [0.15, 0.2) is 0 Å². The Hall–Kier alpha value is -1.54. The molecule has 0 aromatic rings. The van der Waals surface area contributed by atoms with Gasteiger partial charge in [-0.2, -0.15) is 0 Å². The van der Waals surface area contributed by atoms with Crippen LogP contribution >= 0.6 is 0 Å². The van der Waals surface area contributed by atoms with E-state index in [-0.39, 0.29) is 6.42 Å². The number of nitrogens with two attached hydrogens (primary N) is 1. The monoisotopic (exact) mass is 198 g/mol. The largest absolute Gasteiger partial charge is 0.467 e. The van der Waals surface area contributed by atoms with Crippen LogP contribution in [0.3, 0.4) is 0 Å². The van der Waals surface area contributed by atoms with Gasteiger partial charge >= 0.3 is 5.97 Å². The maximum Gasteiger partial charge on any atom is 0.328 e. The summed E-state index contributed by atoms with van der Waals surface area (Å²) in [6.07, 6.45) is 5.12. The molecule has 0 saturated carbocycles. The SMILES string of the molecule is C#CCC(N)C(=O)NC(C)C(=O)OC. The number of nitrogens with one attached hydrogen (secondary N) is 1. The molecule has 0 aromatic carbocycles. The van der Waals surface area contributed by atoms with Gasteiger partial charge in [-0.15, -0.1) is 12.3 Å². The quantitative estimate of drug-likeness (QED) is 0.449. The fraction of sp³-hybridized carbons (Fsp3) is 0.556. The predicted octanol–water partition coefficient (Wildman–Crippen LogP) is -0.985. The molecule has 0 aliphatic carbocycles. The van der Waals surface area contributed by atoms with Crippen molar-refractivity contribution in [2.45, 2.75) is 25.4 Å². The van der Waals surface area contributed by atoms with Crippen molar-refractivity contribution in [3.8, 4) is 12.3 Å². The maximum absolute atomic E-state index is 11.2. The van der Waals surface area contributed by atoms with Crippen molar-refractivity contribution >= 4 is 11.9 Å². The van der Waals surface area contributed by atoms with Crippen LogP contribution in [0.15, 0.2) is 0 Å². The van der Waals surface area contributed by atoms with E-state index in [4.69, 9.17) is 12.2 Å². The van der Waals surface area contributed by atoms with Gasteiger partial charge in [-0.05, 0) is 6.92 Å². The molecule has 5 nitrogen and oxygen atoms in total. The molecular formula is C9H14N2O3. The number of esters is 1. The Morgan fingerprint density at radius 1 is 1.64 bits per heavy atom. The van der Waals surface area contributed by atoms with Crippen LogP contribution in [0.4, 0.5) is 0 Å². The molecule has 3 N–H and O–H groups in total. The Morgan fingerprint density at radius 2 is 2.21 bits per heavy atom. The summed E-state index contributed by atoms with van der Waals surface area (Å²) < 4.78 is 4.42. The number of methoxy groups -OCH3 is 1. The average Bonchev–Trinajstić information content (AvgIpc) is 2.16. The van der Waals surface area contributed by atoms with Gasteiger partial charge in [-0.1, -0.05) is 0 Å². The molecule has 14 heavy (non-hydrogen) atoms. The van der Waals surface area contributed by atoms with E-state index in [0.717, 1.165) is 0 Å². The first kappa shape index (κ1) is 12.5. The molecule has 0 radical (unpaired) electrons. The average molecular weight is 198 g/mol. The van der Waals surface area contributed by atoms with Gasteiger partial charge in [0.25, 0.3) is 0 Å². The molecule has 2 atom stereocenters. The second-order valence-electron chi connectivity index (χ2n) is 2.77. The van der Waals surface area contributed by atoms with E-state index in [1.54, 1.807) is 0 Å². The van der Waals surface area contributed by atoms with E-state index >= 15 is 0 Å². The molecule has 2 unspecified atom stereocenters. The highest BCUT2D eigenvalue weighted by atomic mass is 16.5. The van der Waals surface area contributed by atoms with Gasteiger partial charge in [0.1, 0.15) is 6.04 Å². The van der Waals surface area contributed by atoms with Gasteiger partial charge in [-0.3, -0.25) is 4.79 Å². The van der Waals surface area contributed by atoms with Gasteiger partial charge in [0, 0.05) is 6.42 Å². The van der Waals surface area contributed by atoms with Crippen molar-refractivity contribution < 1.29 is 14.3 Å². The zero-order valence-corrected chi connectivity index (χ0v) is 8.24. The van der Waals surface area contributed by atoms with Gasteiger partial charge in [-0.25, -0.2) is 4.79 Å².